The number of hydrogen-bond donors (Lipinski definition) is 1. The molecule has 0 bridgehead atoms. The highest BCUT2D eigenvalue weighted by molar-refractivity contribution is 6.25. The number of amides is 2. The summed E-state index contributed by atoms with van der Waals surface area (Å²) in [6, 6.07) is 8.49. The van der Waals surface area contributed by atoms with E-state index in [0.29, 0.717) is 13.0 Å². The zero-order valence-electron chi connectivity index (χ0n) is 11.3. The molecular formula is C15H17ClN2O2. The van der Waals surface area contributed by atoms with Crippen molar-refractivity contribution in [1.82, 2.24) is 10.2 Å². The van der Waals surface area contributed by atoms with Crippen molar-refractivity contribution in [1.29, 1.82) is 0 Å². The zero-order chi connectivity index (χ0) is 14.5. The summed E-state index contributed by atoms with van der Waals surface area (Å²) in [5.74, 6) is -0.221. The van der Waals surface area contributed by atoms with Gasteiger partial charge in [-0.3, -0.25) is 9.59 Å². The van der Waals surface area contributed by atoms with Crippen LogP contribution in [-0.4, -0.2) is 29.3 Å². The van der Waals surface area contributed by atoms with Crippen LogP contribution in [0.25, 0.3) is 0 Å². The molecule has 1 saturated heterocycles. The maximum absolute atomic E-state index is 12.6. The van der Waals surface area contributed by atoms with Gasteiger partial charge in [0, 0.05) is 24.5 Å². The zero-order valence-corrected chi connectivity index (χ0v) is 12.0. The van der Waals surface area contributed by atoms with Crippen molar-refractivity contribution in [2.45, 2.75) is 25.4 Å². The summed E-state index contributed by atoms with van der Waals surface area (Å²) in [4.78, 5) is 26.2. The van der Waals surface area contributed by atoms with Crippen molar-refractivity contribution in [3.63, 3.8) is 0 Å². The van der Waals surface area contributed by atoms with Gasteiger partial charge in [-0.1, -0.05) is 48.0 Å². The van der Waals surface area contributed by atoms with E-state index in [0.717, 1.165) is 5.56 Å². The molecule has 1 heterocycles. The Labute approximate surface area is 123 Å². The molecule has 2 atom stereocenters. The molecule has 2 unspecified atom stereocenters. The normalized spacial score (nSPS) is 23.8. The molecule has 0 saturated carbocycles. The number of carbonyl (C=O) groups is 2. The van der Waals surface area contributed by atoms with Crippen molar-refractivity contribution in [2.75, 3.05) is 6.54 Å². The molecule has 4 nitrogen and oxygen atoms in total. The average Bonchev–Trinajstić information content (AvgIpc) is 2.55. The third-order valence-corrected chi connectivity index (χ3v) is 3.55. The van der Waals surface area contributed by atoms with Crippen LogP contribution in [0, 0.1) is 0 Å². The first kappa shape index (κ1) is 14.6. The summed E-state index contributed by atoms with van der Waals surface area (Å²) in [6.45, 7) is 2.27. The smallest absolute Gasteiger partial charge is 0.250 e. The van der Waals surface area contributed by atoms with Crippen molar-refractivity contribution < 1.29 is 9.59 Å². The Balaban J connectivity index is 2.31. The fraction of sp³-hybridized carbons (Fsp3) is 0.333. The summed E-state index contributed by atoms with van der Waals surface area (Å²) in [6.07, 6.45) is 2.00. The molecule has 2 amide bonds. The van der Waals surface area contributed by atoms with E-state index >= 15 is 0 Å². The van der Waals surface area contributed by atoms with Crippen LogP contribution in [0.5, 0.6) is 0 Å². The summed E-state index contributed by atoms with van der Waals surface area (Å²) in [5.41, 5.74) is 2.18. The van der Waals surface area contributed by atoms with Crippen LogP contribution in [0.1, 0.15) is 24.9 Å². The lowest BCUT2D eigenvalue weighted by molar-refractivity contribution is -0.134. The van der Waals surface area contributed by atoms with Gasteiger partial charge in [-0.2, -0.15) is 0 Å². The maximum Gasteiger partial charge on any atom is 0.250 e. The molecule has 0 aromatic heterocycles. The largest absolute Gasteiger partial charge is 0.340 e. The Kier molecular flexibility index (Phi) is 4.79. The molecule has 1 aromatic carbocycles. The molecule has 20 heavy (non-hydrogen) atoms. The molecular weight excluding hydrogens is 276 g/mol. The lowest BCUT2D eigenvalue weighted by Gasteiger charge is -2.27. The molecule has 0 aliphatic carbocycles. The fourth-order valence-corrected chi connectivity index (χ4v) is 2.42. The van der Waals surface area contributed by atoms with Gasteiger partial charge in [-0.15, -0.1) is 0 Å². The Morgan fingerprint density at radius 1 is 1.35 bits per heavy atom. The van der Waals surface area contributed by atoms with E-state index in [1.807, 2.05) is 37.3 Å². The Morgan fingerprint density at radius 2 is 2.05 bits per heavy atom. The van der Waals surface area contributed by atoms with Crippen LogP contribution >= 0.6 is 11.6 Å². The van der Waals surface area contributed by atoms with Gasteiger partial charge in [0.1, 0.15) is 6.04 Å². The minimum absolute atomic E-state index is 0.107. The van der Waals surface area contributed by atoms with Crippen molar-refractivity contribution in [3.8, 4) is 0 Å². The topological polar surface area (TPSA) is 49.4 Å². The van der Waals surface area contributed by atoms with Gasteiger partial charge in [0.15, 0.2) is 0 Å². The second-order valence-corrected chi connectivity index (χ2v) is 5.07. The Morgan fingerprint density at radius 3 is 2.70 bits per heavy atom. The predicted molar refractivity (Wildman–Crippen MR) is 78.1 cm³/mol. The van der Waals surface area contributed by atoms with E-state index in [1.165, 1.54) is 5.54 Å². The highest BCUT2D eigenvalue weighted by Gasteiger charge is 2.34. The van der Waals surface area contributed by atoms with Gasteiger partial charge in [-0.05, 0) is 12.5 Å². The summed E-state index contributed by atoms with van der Waals surface area (Å²) >= 11 is 5.54. The van der Waals surface area contributed by atoms with Gasteiger partial charge in [0.05, 0.1) is 0 Å². The highest BCUT2D eigenvalue weighted by atomic mass is 35.5. The average molecular weight is 293 g/mol. The van der Waals surface area contributed by atoms with Gasteiger partial charge >= 0.3 is 0 Å². The Bertz CT molecular complexity index is 516. The van der Waals surface area contributed by atoms with Crippen LogP contribution in [0.3, 0.4) is 0 Å². The lowest BCUT2D eigenvalue weighted by Crippen LogP contribution is -2.41. The van der Waals surface area contributed by atoms with Crippen LogP contribution in [0.15, 0.2) is 41.9 Å². The molecule has 1 aromatic rings. The minimum atomic E-state index is -0.627. The number of nitrogens with one attached hydrogen (secondary N) is 1. The lowest BCUT2D eigenvalue weighted by atomic mass is 10.1. The third kappa shape index (κ3) is 3.20. The number of carbonyl (C=O) groups excluding carboxylic acids is 2. The van der Waals surface area contributed by atoms with E-state index in [4.69, 9.17) is 11.6 Å². The third-order valence-electron chi connectivity index (χ3n) is 3.37. The summed E-state index contributed by atoms with van der Waals surface area (Å²) in [7, 11) is 0. The van der Waals surface area contributed by atoms with E-state index in [2.05, 4.69) is 5.32 Å². The second-order valence-electron chi connectivity index (χ2n) is 4.82. The number of halogens is 1. The number of rotatable bonds is 3. The van der Waals surface area contributed by atoms with Crippen LogP contribution in [0.2, 0.25) is 0 Å². The van der Waals surface area contributed by atoms with E-state index in [1.54, 1.807) is 11.0 Å². The summed E-state index contributed by atoms with van der Waals surface area (Å²) in [5, 5.41) is 2.79. The van der Waals surface area contributed by atoms with Crippen molar-refractivity contribution in [2.24, 2.45) is 0 Å². The first-order chi connectivity index (χ1) is 9.63. The monoisotopic (exact) mass is 292 g/mol. The Hall–Kier alpha value is -1.81. The van der Waals surface area contributed by atoms with Gasteiger partial charge < -0.3 is 10.2 Å². The highest BCUT2D eigenvalue weighted by Crippen LogP contribution is 2.21. The predicted octanol–water partition coefficient (Wildman–Crippen LogP) is 2.22. The van der Waals surface area contributed by atoms with Crippen molar-refractivity contribution in [3.05, 3.63) is 47.5 Å². The number of nitrogens with zero attached hydrogens (tertiary/aromatic N) is 1. The minimum Gasteiger partial charge on any atom is -0.340 e. The quantitative estimate of drug-likeness (QED) is 0.929. The van der Waals surface area contributed by atoms with E-state index in [-0.39, 0.29) is 17.9 Å². The molecule has 0 spiro atoms. The van der Waals surface area contributed by atoms with Gasteiger partial charge in [0.2, 0.25) is 11.8 Å². The molecule has 0 radical (unpaired) electrons. The van der Waals surface area contributed by atoms with Crippen molar-refractivity contribution >= 4 is 23.4 Å². The molecule has 5 heteroatoms. The fourth-order valence-electron chi connectivity index (χ4n) is 2.34. The maximum atomic E-state index is 12.6. The number of hydrogen-bond acceptors (Lipinski definition) is 2. The SMILES string of the molecule is CC1CC(=O)NC(c2ccccc2)C(=O)N1C/C=C/Cl. The summed E-state index contributed by atoms with van der Waals surface area (Å²) < 4.78 is 0. The molecule has 2 rings (SSSR count). The molecule has 1 N–H and O–H groups in total. The van der Waals surface area contributed by atoms with E-state index < -0.39 is 6.04 Å². The molecule has 1 aliphatic heterocycles. The molecule has 1 fully saturated rings. The number of benzene rings is 1. The van der Waals surface area contributed by atoms with Gasteiger partial charge in [-0.25, -0.2) is 0 Å². The first-order valence-corrected chi connectivity index (χ1v) is 6.97. The standard InChI is InChI=1S/C15H17ClN2O2/c1-11-10-13(19)17-14(12-6-3-2-4-7-12)15(20)18(11)9-5-8-16/h2-8,11,14H,9-10H2,1H3,(H,17,19)/b8-5+. The van der Waals surface area contributed by atoms with Crippen LogP contribution < -0.4 is 5.32 Å². The van der Waals surface area contributed by atoms with Gasteiger partial charge in [0.25, 0.3) is 0 Å². The molecule has 1 aliphatic rings. The first-order valence-electron chi connectivity index (χ1n) is 6.53. The van der Waals surface area contributed by atoms with Crippen LogP contribution in [0.4, 0.5) is 0 Å². The van der Waals surface area contributed by atoms with E-state index in [9.17, 15) is 9.59 Å². The second kappa shape index (κ2) is 6.57. The van der Waals surface area contributed by atoms with Crippen LogP contribution in [-0.2, 0) is 9.59 Å². The molecule has 106 valence electrons.